The van der Waals surface area contributed by atoms with Crippen LogP contribution in [0.25, 0.3) is 0 Å². The number of halogens is 2. The predicted molar refractivity (Wildman–Crippen MR) is 101 cm³/mol. The van der Waals surface area contributed by atoms with Crippen LogP contribution < -0.4 is 10.1 Å². The van der Waals surface area contributed by atoms with Gasteiger partial charge in [-0.3, -0.25) is 0 Å². The molecular formula is C19H21Cl2NO3. The zero-order valence-electron chi connectivity index (χ0n) is 14.0. The van der Waals surface area contributed by atoms with Crippen LogP contribution in [0.3, 0.4) is 0 Å². The Morgan fingerprint density at radius 1 is 1.16 bits per heavy atom. The molecule has 0 saturated carbocycles. The van der Waals surface area contributed by atoms with Crippen LogP contribution in [0.15, 0.2) is 48.5 Å². The summed E-state index contributed by atoms with van der Waals surface area (Å²) < 4.78 is 10.6. The van der Waals surface area contributed by atoms with E-state index < -0.39 is 6.09 Å². The van der Waals surface area contributed by atoms with Crippen molar-refractivity contribution in [2.75, 3.05) is 19.0 Å². The molecule has 25 heavy (non-hydrogen) atoms. The molecule has 0 aromatic heterocycles. The van der Waals surface area contributed by atoms with Gasteiger partial charge in [0.1, 0.15) is 18.5 Å². The van der Waals surface area contributed by atoms with Crippen LogP contribution in [-0.4, -0.2) is 31.2 Å². The first-order chi connectivity index (χ1) is 12.1. The molecule has 0 aliphatic rings. The van der Waals surface area contributed by atoms with Gasteiger partial charge in [-0.2, -0.15) is 0 Å². The lowest BCUT2D eigenvalue weighted by molar-refractivity contribution is 0.115. The van der Waals surface area contributed by atoms with E-state index in [-0.39, 0.29) is 12.0 Å². The molecule has 134 valence electrons. The van der Waals surface area contributed by atoms with Gasteiger partial charge in [0.2, 0.25) is 0 Å². The third-order valence-electron chi connectivity index (χ3n) is 3.40. The summed E-state index contributed by atoms with van der Waals surface area (Å²) in [5, 5.41) is 3.14. The molecule has 2 aromatic rings. The first-order valence-electron chi connectivity index (χ1n) is 8.04. The van der Waals surface area contributed by atoms with E-state index in [4.69, 9.17) is 32.7 Å². The molecule has 1 N–H and O–H groups in total. The van der Waals surface area contributed by atoms with E-state index in [1.54, 1.807) is 6.92 Å². The quantitative estimate of drug-likeness (QED) is 0.534. The fourth-order valence-corrected chi connectivity index (χ4v) is 2.49. The number of alkyl halides is 1. The Hall–Kier alpha value is -1.91. The maximum absolute atomic E-state index is 11.4. The minimum absolute atomic E-state index is 0.259. The van der Waals surface area contributed by atoms with E-state index in [1.165, 1.54) is 5.56 Å². The number of ether oxygens (including phenoxy) is 2. The molecular weight excluding hydrogens is 361 g/mol. The van der Waals surface area contributed by atoms with Crippen LogP contribution in [-0.2, 0) is 11.2 Å². The van der Waals surface area contributed by atoms with E-state index in [0.29, 0.717) is 23.9 Å². The highest BCUT2D eigenvalue weighted by Gasteiger charge is 2.08. The van der Waals surface area contributed by atoms with Gasteiger partial charge in [-0.15, -0.1) is 11.6 Å². The number of hydrogen-bond acceptors (Lipinski definition) is 3. The van der Waals surface area contributed by atoms with Gasteiger partial charge in [0, 0.05) is 0 Å². The van der Waals surface area contributed by atoms with Gasteiger partial charge in [0.15, 0.2) is 0 Å². The summed E-state index contributed by atoms with van der Waals surface area (Å²) in [6.45, 7) is 2.33. The van der Waals surface area contributed by atoms with Gasteiger partial charge < -0.3 is 14.8 Å². The molecule has 0 aliphatic heterocycles. The molecule has 1 atom stereocenters. The topological polar surface area (TPSA) is 47.6 Å². The van der Waals surface area contributed by atoms with Gasteiger partial charge in [-0.1, -0.05) is 48.0 Å². The van der Waals surface area contributed by atoms with Crippen molar-refractivity contribution in [3.8, 4) is 5.75 Å². The average molecular weight is 382 g/mol. The monoisotopic (exact) mass is 381 g/mol. The number of amides is 1. The fraction of sp³-hybridized carbons (Fsp3) is 0.316. The molecule has 6 heteroatoms. The maximum atomic E-state index is 11.4. The first-order valence-corrected chi connectivity index (χ1v) is 8.95. The molecule has 0 radical (unpaired) electrons. The summed E-state index contributed by atoms with van der Waals surface area (Å²) in [4.78, 5) is 11.4. The molecule has 1 amide bonds. The van der Waals surface area contributed by atoms with Crippen LogP contribution in [0.5, 0.6) is 5.75 Å². The van der Waals surface area contributed by atoms with Crippen LogP contribution in [0.2, 0.25) is 5.02 Å². The third kappa shape index (κ3) is 6.85. The average Bonchev–Trinajstić information content (AvgIpc) is 2.61. The molecule has 0 aliphatic carbocycles. The smallest absolute Gasteiger partial charge is 0.407 e. The van der Waals surface area contributed by atoms with E-state index in [0.717, 1.165) is 12.0 Å². The molecule has 4 nitrogen and oxygen atoms in total. The van der Waals surface area contributed by atoms with Crippen molar-refractivity contribution in [1.29, 1.82) is 0 Å². The summed E-state index contributed by atoms with van der Waals surface area (Å²) in [7, 11) is 0. The fourth-order valence-electron chi connectivity index (χ4n) is 2.17. The summed E-state index contributed by atoms with van der Waals surface area (Å²) in [5.41, 5.74) is 2.33. The third-order valence-corrected chi connectivity index (χ3v) is 4.13. The summed E-state index contributed by atoms with van der Waals surface area (Å²) >= 11 is 11.8. The Bertz CT molecular complexity index is 680. The van der Waals surface area contributed by atoms with Gasteiger partial charge in [0.25, 0.3) is 0 Å². The maximum Gasteiger partial charge on any atom is 0.407 e. The van der Waals surface area contributed by atoms with Gasteiger partial charge in [-0.25, -0.2) is 4.79 Å². The zero-order valence-corrected chi connectivity index (χ0v) is 15.5. The predicted octanol–water partition coefficient (Wildman–Crippen LogP) is 4.66. The second-order valence-electron chi connectivity index (χ2n) is 5.57. The van der Waals surface area contributed by atoms with Crippen molar-refractivity contribution in [2.24, 2.45) is 0 Å². The lowest BCUT2D eigenvalue weighted by Crippen LogP contribution is -2.31. The van der Waals surface area contributed by atoms with Gasteiger partial charge >= 0.3 is 6.09 Å². The minimum Gasteiger partial charge on any atom is -0.490 e. The van der Waals surface area contributed by atoms with Crippen molar-refractivity contribution < 1.29 is 14.3 Å². The molecule has 1 unspecified atom stereocenters. The van der Waals surface area contributed by atoms with Crippen molar-refractivity contribution in [3.63, 3.8) is 0 Å². The lowest BCUT2D eigenvalue weighted by Gasteiger charge is -2.12. The Morgan fingerprint density at radius 2 is 1.92 bits per heavy atom. The largest absolute Gasteiger partial charge is 0.490 e. The van der Waals surface area contributed by atoms with Crippen molar-refractivity contribution in [1.82, 2.24) is 5.32 Å². The van der Waals surface area contributed by atoms with E-state index >= 15 is 0 Å². The Kier molecular flexibility index (Phi) is 7.89. The van der Waals surface area contributed by atoms with Crippen molar-refractivity contribution >= 4 is 29.3 Å². The summed E-state index contributed by atoms with van der Waals surface area (Å²) in [6.07, 6.45) is -0.0252. The number of carbonyl (C=O) groups excluding carboxylic acids is 1. The zero-order chi connectivity index (χ0) is 18.1. The Balaban J connectivity index is 1.78. The molecule has 2 aromatic carbocycles. The highest BCUT2D eigenvalue weighted by molar-refractivity contribution is 6.32. The second-order valence-corrected chi connectivity index (χ2v) is 6.29. The highest BCUT2D eigenvalue weighted by atomic mass is 35.5. The van der Waals surface area contributed by atoms with Crippen LogP contribution >= 0.6 is 23.2 Å². The summed E-state index contributed by atoms with van der Waals surface area (Å²) in [5.74, 6) is 0.845. The molecule has 0 saturated heterocycles. The van der Waals surface area contributed by atoms with Crippen LogP contribution in [0.4, 0.5) is 4.79 Å². The molecule has 0 fully saturated rings. The normalized spacial score (nSPS) is 11.6. The van der Waals surface area contributed by atoms with Gasteiger partial charge in [-0.05, 0) is 36.6 Å². The van der Waals surface area contributed by atoms with E-state index in [2.05, 4.69) is 17.4 Å². The number of rotatable bonds is 8. The van der Waals surface area contributed by atoms with Crippen molar-refractivity contribution in [2.45, 2.75) is 19.4 Å². The SMILES string of the molecule is CC(CCl)OC(=O)NCCOc1ccc(Cc2ccccc2)cc1Cl. The highest BCUT2D eigenvalue weighted by Crippen LogP contribution is 2.26. The number of carbonyl (C=O) groups is 1. The van der Waals surface area contributed by atoms with E-state index in [9.17, 15) is 4.79 Å². The second kappa shape index (κ2) is 10.2. The van der Waals surface area contributed by atoms with Crippen molar-refractivity contribution in [3.05, 3.63) is 64.7 Å². The number of nitrogens with one attached hydrogen (secondary N) is 1. The molecule has 0 bridgehead atoms. The molecule has 0 spiro atoms. The number of hydrogen-bond donors (Lipinski definition) is 1. The van der Waals surface area contributed by atoms with Gasteiger partial charge in [0.05, 0.1) is 17.4 Å². The first kappa shape index (κ1) is 19.4. The van der Waals surface area contributed by atoms with Crippen LogP contribution in [0, 0.1) is 0 Å². The van der Waals surface area contributed by atoms with E-state index in [1.807, 2.05) is 36.4 Å². The Labute approximate surface area is 158 Å². The molecule has 2 rings (SSSR count). The Morgan fingerprint density at radius 3 is 2.60 bits per heavy atom. The minimum atomic E-state index is -0.513. The number of benzene rings is 2. The number of alkyl carbamates (subject to hydrolysis) is 1. The summed E-state index contributed by atoms with van der Waals surface area (Å²) in [6, 6.07) is 15.9. The standard InChI is InChI=1S/C19H21Cl2NO3/c1-14(13-20)25-19(23)22-9-10-24-18-8-7-16(12-17(18)21)11-15-5-3-2-4-6-15/h2-8,12,14H,9-11,13H2,1H3,(H,22,23). The van der Waals surface area contributed by atoms with Crippen LogP contribution in [0.1, 0.15) is 18.1 Å². The lowest BCUT2D eigenvalue weighted by atomic mass is 10.1. The molecule has 0 heterocycles.